The highest BCUT2D eigenvalue weighted by Gasteiger charge is 2.19. The van der Waals surface area contributed by atoms with Gasteiger partial charge in [-0.15, -0.1) is 0 Å². The van der Waals surface area contributed by atoms with Gasteiger partial charge >= 0.3 is 0 Å². The van der Waals surface area contributed by atoms with E-state index in [-0.39, 0.29) is 5.91 Å². The van der Waals surface area contributed by atoms with Crippen LogP contribution in [0.25, 0.3) is 0 Å². The fraction of sp³-hybridized carbons (Fsp3) is 0.500. The number of carbonyl (C=O) groups excluding carboxylic acids is 1. The number of rotatable bonds is 1. The van der Waals surface area contributed by atoms with Crippen molar-refractivity contribution in [3.05, 3.63) is 29.3 Å². The Bertz CT molecular complexity index is 475. The molecule has 5 nitrogen and oxygen atoms in total. The maximum Gasteiger partial charge on any atom is 0.254 e. The number of hydrogen-bond acceptors (Lipinski definition) is 4. The first kappa shape index (κ1) is 18.9. The number of ether oxygens (including phenoxy) is 1. The van der Waals surface area contributed by atoms with Crippen LogP contribution in [0.15, 0.2) is 18.2 Å². The van der Waals surface area contributed by atoms with Gasteiger partial charge in [-0.05, 0) is 18.2 Å². The number of carbonyl (C=O) groups is 1. The van der Waals surface area contributed by atoms with Gasteiger partial charge in [0.1, 0.15) is 0 Å². The summed E-state index contributed by atoms with van der Waals surface area (Å²) in [6.45, 7) is 10.3. The van der Waals surface area contributed by atoms with E-state index in [0.717, 1.165) is 0 Å². The minimum Gasteiger partial charge on any atom is -0.399 e. The molecule has 0 saturated carbocycles. The van der Waals surface area contributed by atoms with Gasteiger partial charge < -0.3 is 15.4 Å². The van der Waals surface area contributed by atoms with Crippen LogP contribution in [0.5, 0.6) is 0 Å². The Balaban J connectivity index is 0.000000921. The molecule has 2 N–H and O–H groups in total. The maximum atomic E-state index is 12.1. The zero-order valence-corrected chi connectivity index (χ0v) is 13.3. The Morgan fingerprint density at radius 3 is 2.29 bits per heavy atom. The Morgan fingerprint density at radius 1 is 1.19 bits per heavy atom. The molecule has 1 aromatic carbocycles. The summed E-state index contributed by atoms with van der Waals surface area (Å²) in [7, 11) is 0. The van der Waals surface area contributed by atoms with E-state index >= 15 is 0 Å². The predicted octanol–water partition coefficient (Wildman–Crippen LogP) is 2.67. The van der Waals surface area contributed by atoms with Gasteiger partial charge in [-0.3, -0.25) is 4.79 Å². The van der Waals surface area contributed by atoms with Crippen molar-refractivity contribution in [2.75, 3.05) is 32.0 Å². The lowest BCUT2D eigenvalue weighted by Crippen LogP contribution is -2.40. The van der Waals surface area contributed by atoms with Crippen LogP contribution >= 0.6 is 0 Å². The van der Waals surface area contributed by atoms with E-state index in [9.17, 15) is 4.79 Å². The third-order valence-corrected chi connectivity index (χ3v) is 2.63. The Kier molecular flexibility index (Phi) is 9.65. The molecule has 0 atom stereocenters. The molecule has 0 radical (unpaired) electrons. The highest BCUT2D eigenvalue weighted by molar-refractivity contribution is 5.95. The molecule has 1 amide bonds. The molecular formula is C16H25N3O2. The van der Waals surface area contributed by atoms with Gasteiger partial charge in [-0.1, -0.05) is 27.7 Å². The van der Waals surface area contributed by atoms with Gasteiger partial charge in [0.05, 0.1) is 24.8 Å². The van der Waals surface area contributed by atoms with Crippen LogP contribution in [-0.2, 0) is 4.74 Å². The third kappa shape index (κ3) is 5.84. The zero-order valence-electron chi connectivity index (χ0n) is 13.3. The van der Waals surface area contributed by atoms with E-state index in [2.05, 4.69) is 0 Å². The number of nitriles is 1. The largest absolute Gasteiger partial charge is 0.399 e. The van der Waals surface area contributed by atoms with Gasteiger partial charge in [0, 0.05) is 24.3 Å². The van der Waals surface area contributed by atoms with Gasteiger partial charge in [0.25, 0.3) is 5.91 Å². The average Bonchev–Trinajstić information content (AvgIpc) is 2.58. The predicted molar refractivity (Wildman–Crippen MR) is 85.0 cm³/mol. The number of hydrogen-bond donors (Lipinski definition) is 1. The highest BCUT2D eigenvalue weighted by Crippen LogP contribution is 2.14. The summed E-state index contributed by atoms with van der Waals surface area (Å²) in [5.41, 5.74) is 6.95. The van der Waals surface area contributed by atoms with Crippen molar-refractivity contribution in [3.63, 3.8) is 0 Å². The lowest BCUT2D eigenvalue weighted by molar-refractivity contribution is 0.0303. The minimum atomic E-state index is -0.0999. The second kappa shape index (κ2) is 10.7. The normalized spacial score (nSPS) is 13.0. The van der Waals surface area contributed by atoms with Crippen molar-refractivity contribution in [2.45, 2.75) is 27.7 Å². The van der Waals surface area contributed by atoms with Gasteiger partial charge in [-0.25, -0.2) is 0 Å². The van der Waals surface area contributed by atoms with Crippen LogP contribution in [0.3, 0.4) is 0 Å². The Hall–Kier alpha value is -2.06. The first-order valence-corrected chi connectivity index (χ1v) is 7.38. The molecule has 1 fully saturated rings. The van der Waals surface area contributed by atoms with Gasteiger partial charge in [-0.2, -0.15) is 5.26 Å². The Labute approximate surface area is 127 Å². The zero-order chi connectivity index (χ0) is 16.3. The van der Waals surface area contributed by atoms with Crippen molar-refractivity contribution >= 4 is 11.6 Å². The summed E-state index contributed by atoms with van der Waals surface area (Å²) in [4.78, 5) is 13.8. The first-order chi connectivity index (χ1) is 10.2. The van der Waals surface area contributed by atoms with E-state index < -0.39 is 0 Å². The molecule has 1 aromatic rings. The quantitative estimate of drug-likeness (QED) is 0.807. The smallest absolute Gasteiger partial charge is 0.254 e. The molecule has 1 aliphatic heterocycles. The number of nitrogens with two attached hydrogens (primary N) is 1. The second-order valence-corrected chi connectivity index (χ2v) is 3.86. The number of morpholine rings is 1. The summed E-state index contributed by atoms with van der Waals surface area (Å²) in [5.74, 6) is -0.0999. The van der Waals surface area contributed by atoms with Crippen molar-refractivity contribution in [1.82, 2.24) is 4.90 Å². The minimum absolute atomic E-state index is 0.0999. The number of benzene rings is 1. The monoisotopic (exact) mass is 291 g/mol. The fourth-order valence-corrected chi connectivity index (χ4v) is 1.79. The van der Waals surface area contributed by atoms with Gasteiger partial charge in [0.2, 0.25) is 0 Å². The van der Waals surface area contributed by atoms with Gasteiger partial charge in [0.15, 0.2) is 0 Å². The molecule has 21 heavy (non-hydrogen) atoms. The molecular weight excluding hydrogens is 266 g/mol. The average molecular weight is 291 g/mol. The summed E-state index contributed by atoms with van der Waals surface area (Å²) < 4.78 is 5.18. The van der Waals surface area contributed by atoms with E-state index in [4.69, 9.17) is 15.7 Å². The van der Waals surface area contributed by atoms with Crippen LogP contribution in [0, 0.1) is 11.3 Å². The fourth-order valence-electron chi connectivity index (χ4n) is 1.79. The molecule has 1 saturated heterocycles. The van der Waals surface area contributed by atoms with Crippen LogP contribution in [0.2, 0.25) is 0 Å². The molecule has 116 valence electrons. The number of nitrogen functional groups attached to an aromatic ring is 1. The summed E-state index contributed by atoms with van der Waals surface area (Å²) in [6, 6.07) is 6.70. The molecule has 0 unspecified atom stereocenters. The third-order valence-electron chi connectivity index (χ3n) is 2.63. The van der Waals surface area contributed by atoms with E-state index in [1.807, 2.05) is 33.8 Å². The first-order valence-electron chi connectivity index (χ1n) is 7.38. The summed E-state index contributed by atoms with van der Waals surface area (Å²) in [6.07, 6.45) is 0. The van der Waals surface area contributed by atoms with Crippen LogP contribution in [-0.4, -0.2) is 37.1 Å². The van der Waals surface area contributed by atoms with E-state index in [1.165, 1.54) is 0 Å². The van der Waals surface area contributed by atoms with Crippen molar-refractivity contribution in [1.29, 1.82) is 5.26 Å². The van der Waals surface area contributed by atoms with Crippen LogP contribution < -0.4 is 5.73 Å². The molecule has 1 aliphatic rings. The topological polar surface area (TPSA) is 79.3 Å². The number of nitrogens with zero attached hydrogens (tertiary/aromatic N) is 2. The molecule has 0 bridgehead atoms. The number of anilines is 1. The van der Waals surface area contributed by atoms with E-state index in [0.29, 0.717) is 43.1 Å². The van der Waals surface area contributed by atoms with Crippen molar-refractivity contribution in [3.8, 4) is 6.07 Å². The summed E-state index contributed by atoms with van der Waals surface area (Å²) >= 11 is 0. The van der Waals surface area contributed by atoms with Crippen molar-refractivity contribution < 1.29 is 9.53 Å². The maximum absolute atomic E-state index is 12.1. The van der Waals surface area contributed by atoms with Crippen molar-refractivity contribution in [2.24, 2.45) is 0 Å². The molecule has 0 aliphatic carbocycles. The molecule has 5 heteroatoms. The molecule has 2 rings (SSSR count). The second-order valence-electron chi connectivity index (χ2n) is 3.86. The standard InChI is InChI=1S/C12H13N3O2.2C2H6/c13-8-9-5-10(7-11(14)6-9)12(16)15-1-3-17-4-2-15;2*1-2/h5-7H,1-4,14H2;2*1-2H3. The molecule has 0 aromatic heterocycles. The lowest BCUT2D eigenvalue weighted by Gasteiger charge is -2.27. The molecule has 1 heterocycles. The number of amides is 1. The highest BCUT2D eigenvalue weighted by atomic mass is 16.5. The summed E-state index contributed by atoms with van der Waals surface area (Å²) in [5, 5.41) is 8.83. The lowest BCUT2D eigenvalue weighted by atomic mass is 10.1. The molecule has 0 spiro atoms. The Morgan fingerprint density at radius 2 is 1.76 bits per heavy atom. The SMILES string of the molecule is CC.CC.N#Cc1cc(N)cc(C(=O)N2CCOCC2)c1. The van der Waals surface area contributed by atoms with Crippen LogP contribution in [0.1, 0.15) is 43.6 Å². The van der Waals surface area contributed by atoms with E-state index in [1.54, 1.807) is 23.1 Å². The van der Waals surface area contributed by atoms with Crippen LogP contribution in [0.4, 0.5) is 5.69 Å².